The van der Waals surface area contributed by atoms with Crippen molar-refractivity contribution in [2.75, 3.05) is 6.54 Å². The Bertz CT molecular complexity index is 732. The van der Waals surface area contributed by atoms with Crippen molar-refractivity contribution in [1.29, 1.82) is 0 Å². The summed E-state index contributed by atoms with van der Waals surface area (Å²) in [5.74, 6) is -0.0706. The molecule has 1 N–H and O–H groups in total. The summed E-state index contributed by atoms with van der Waals surface area (Å²) in [7, 11) is 0. The molecule has 0 spiro atoms. The second-order valence-electron chi connectivity index (χ2n) is 4.89. The van der Waals surface area contributed by atoms with E-state index in [-0.39, 0.29) is 5.91 Å². The molecular formula is C15H16N4O2S. The van der Waals surface area contributed by atoms with Crippen molar-refractivity contribution in [2.45, 2.75) is 19.8 Å². The van der Waals surface area contributed by atoms with Crippen LogP contribution >= 0.6 is 11.3 Å². The molecule has 0 aliphatic carbocycles. The fourth-order valence-electron chi connectivity index (χ4n) is 2.09. The topological polar surface area (TPSA) is 73.0 Å². The fourth-order valence-corrected chi connectivity index (χ4v) is 3.04. The molecule has 0 fully saturated rings. The summed E-state index contributed by atoms with van der Waals surface area (Å²) in [5.41, 5.74) is 1.79. The van der Waals surface area contributed by atoms with E-state index in [0.29, 0.717) is 11.4 Å². The largest absolute Gasteiger partial charge is 0.364 e. The monoisotopic (exact) mass is 316 g/mol. The van der Waals surface area contributed by atoms with Gasteiger partial charge in [0.05, 0.1) is 11.9 Å². The molecule has 0 bridgehead atoms. The van der Waals surface area contributed by atoms with Crippen LogP contribution in [0.5, 0.6) is 0 Å². The summed E-state index contributed by atoms with van der Waals surface area (Å²) >= 11 is 1.40. The van der Waals surface area contributed by atoms with Crippen molar-refractivity contribution in [1.82, 2.24) is 20.0 Å². The number of hydrogen-bond acceptors (Lipinski definition) is 5. The highest BCUT2D eigenvalue weighted by Gasteiger charge is 2.15. The molecule has 0 saturated heterocycles. The Balaban J connectivity index is 1.56. The van der Waals surface area contributed by atoms with Gasteiger partial charge < -0.3 is 14.4 Å². The Labute approximate surface area is 131 Å². The lowest BCUT2D eigenvalue weighted by Gasteiger charge is -2.02. The number of nitrogens with one attached hydrogen (secondary N) is 1. The van der Waals surface area contributed by atoms with Gasteiger partial charge in [-0.15, -0.1) is 0 Å². The van der Waals surface area contributed by atoms with Gasteiger partial charge in [0.2, 0.25) is 0 Å². The van der Waals surface area contributed by atoms with Gasteiger partial charge in [-0.05, 0) is 31.9 Å². The van der Waals surface area contributed by atoms with E-state index in [9.17, 15) is 4.79 Å². The number of aryl methyl sites for hydroxylation is 2. The van der Waals surface area contributed by atoms with E-state index in [1.54, 1.807) is 12.5 Å². The van der Waals surface area contributed by atoms with Crippen molar-refractivity contribution in [3.05, 3.63) is 53.1 Å². The van der Waals surface area contributed by atoms with Crippen LogP contribution in [0.1, 0.15) is 27.3 Å². The molecule has 0 unspecified atom stereocenters. The van der Waals surface area contributed by atoms with Gasteiger partial charge in [-0.2, -0.15) is 0 Å². The van der Waals surface area contributed by atoms with E-state index in [4.69, 9.17) is 4.52 Å². The van der Waals surface area contributed by atoms with Gasteiger partial charge in [-0.1, -0.05) is 16.5 Å². The van der Waals surface area contributed by atoms with E-state index >= 15 is 0 Å². The number of aromatic nitrogens is 3. The molecule has 114 valence electrons. The molecule has 0 aromatic carbocycles. The minimum atomic E-state index is -0.0706. The Morgan fingerprint density at radius 1 is 1.41 bits per heavy atom. The second kappa shape index (κ2) is 6.57. The summed E-state index contributed by atoms with van der Waals surface area (Å²) in [6, 6.07) is 3.86. The molecule has 3 heterocycles. The van der Waals surface area contributed by atoms with E-state index in [0.717, 1.165) is 29.2 Å². The van der Waals surface area contributed by atoms with Crippen LogP contribution in [-0.4, -0.2) is 27.2 Å². The van der Waals surface area contributed by atoms with E-state index in [1.807, 2.05) is 36.0 Å². The van der Waals surface area contributed by atoms with Crippen LogP contribution < -0.4 is 5.32 Å². The van der Waals surface area contributed by atoms with Gasteiger partial charge in [-0.25, -0.2) is 4.98 Å². The van der Waals surface area contributed by atoms with Gasteiger partial charge in [-0.3, -0.25) is 4.79 Å². The quantitative estimate of drug-likeness (QED) is 0.709. The zero-order valence-electron chi connectivity index (χ0n) is 12.2. The maximum atomic E-state index is 12.2. The third kappa shape index (κ3) is 3.25. The molecule has 22 heavy (non-hydrogen) atoms. The number of nitrogens with zero attached hydrogens (tertiary/aromatic N) is 3. The first-order chi connectivity index (χ1) is 10.7. The minimum absolute atomic E-state index is 0.0706. The van der Waals surface area contributed by atoms with Crippen LogP contribution in [0.2, 0.25) is 0 Å². The highest BCUT2D eigenvalue weighted by Crippen LogP contribution is 2.21. The number of carbonyl (C=O) groups excluding carboxylic acids is 1. The van der Waals surface area contributed by atoms with Gasteiger partial charge >= 0.3 is 0 Å². The van der Waals surface area contributed by atoms with Crippen LogP contribution in [0.4, 0.5) is 0 Å². The lowest BCUT2D eigenvalue weighted by molar-refractivity contribution is 0.0956. The summed E-state index contributed by atoms with van der Waals surface area (Å²) in [6.07, 6.45) is 8.82. The van der Waals surface area contributed by atoms with Crippen LogP contribution in [0.3, 0.4) is 0 Å². The van der Waals surface area contributed by atoms with Gasteiger partial charge in [0.1, 0.15) is 11.1 Å². The first-order valence-corrected chi connectivity index (χ1v) is 7.83. The average molecular weight is 316 g/mol. The van der Waals surface area contributed by atoms with Crippen molar-refractivity contribution in [3.8, 4) is 5.13 Å². The van der Waals surface area contributed by atoms with Crippen LogP contribution in [0, 0.1) is 6.92 Å². The van der Waals surface area contributed by atoms with Crippen molar-refractivity contribution < 1.29 is 9.32 Å². The molecule has 0 saturated carbocycles. The summed E-state index contributed by atoms with van der Waals surface area (Å²) < 4.78 is 6.67. The molecule has 0 aliphatic heterocycles. The first-order valence-electron chi connectivity index (χ1n) is 7.01. The number of thiazole rings is 1. The van der Waals surface area contributed by atoms with Crippen molar-refractivity contribution in [3.63, 3.8) is 0 Å². The molecule has 0 aliphatic rings. The summed E-state index contributed by atoms with van der Waals surface area (Å²) in [5, 5.41) is 7.39. The summed E-state index contributed by atoms with van der Waals surface area (Å²) in [6.45, 7) is 2.47. The highest BCUT2D eigenvalue weighted by molar-refractivity contribution is 7.16. The van der Waals surface area contributed by atoms with Gasteiger partial charge in [0.25, 0.3) is 5.91 Å². The number of rotatable bonds is 6. The fraction of sp³-hybridized carbons (Fsp3) is 0.267. The molecule has 3 aromatic heterocycles. The highest BCUT2D eigenvalue weighted by atomic mass is 32.1. The second-order valence-corrected chi connectivity index (χ2v) is 5.87. The van der Waals surface area contributed by atoms with Crippen LogP contribution in [0.15, 0.2) is 41.5 Å². The van der Waals surface area contributed by atoms with E-state index in [1.165, 1.54) is 11.3 Å². The number of amides is 1. The molecule has 0 atom stereocenters. The predicted molar refractivity (Wildman–Crippen MR) is 83.3 cm³/mol. The Morgan fingerprint density at radius 2 is 2.23 bits per heavy atom. The Kier molecular flexibility index (Phi) is 4.34. The normalized spacial score (nSPS) is 10.8. The van der Waals surface area contributed by atoms with E-state index in [2.05, 4.69) is 15.5 Å². The zero-order valence-corrected chi connectivity index (χ0v) is 13.0. The molecule has 1 amide bonds. The zero-order chi connectivity index (χ0) is 15.4. The van der Waals surface area contributed by atoms with Crippen molar-refractivity contribution >= 4 is 17.2 Å². The lowest BCUT2D eigenvalue weighted by atomic mass is 10.2. The molecule has 0 radical (unpaired) electrons. The maximum Gasteiger partial charge on any atom is 0.263 e. The van der Waals surface area contributed by atoms with Crippen molar-refractivity contribution in [2.24, 2.45) is 0 Å². The predicted octanol–water partition coefficient (Wildman–Crippen LogP) is 2.59. The SMILES string of the molecule is Cc1nc(-n2cccc2)sc1C(=O)NCCCc1cnoc1. The molecule has 7 heteroatoms. The summed E-state index contributed by atoms with van der Waals surface area (Å²) in [4.78, 5) is 17.3. The van der Waals surface area contributed by atoms with Crippen LogP contribution in [-0.2, 0) is 6.42 Å². The Morgan fingerprint density at radius 3 is 2.95 bits per heavy atom. The first kappa shape index (κ1) is 14.5. The minimum Gasteiger partial charge on any atom is -0.364 e. The average Bonchev–Trinajstić information content (AvgIpc) is 3.24. The Hall–Kier alpha value is -2.41. The maximum absolute atomic E-state index is 12.2. The number of hydrogen-bond donors (Lipinski definition) is 1. The van der Waals surface area contributed by atoms with E-state index < -0.39 is 0 Å². The molecule has 3 aromatic rings. The lowest BCUT2D eigenvalue weighted by Crippen LogP contribution is -2.24. The van der Waals surface area contributed by atoms with Gasteiger partial charge in [0.15, 0.2) is 5.13 Å². The molecule has 6 nitrogen and oxygen atoms in total. The number of carbonyl (C=O) groups is 1. The standard InChI is InChI=1S/C15H16N4O2S/c1-11-13(22-15(18-11)19-7-2-3-8-19)14(20)16-6-4-5-12-9-17-21-10-12/h2-3,7-10H,4-6H2,1H3,(H,16,20). The van der Waals surface area contributed by atoms with Gasteiger partial charge in [0, 0.05) is 24.5 Å². The molecule has 3 rings (SSSR count). The third-order valence-electron chi connectivity index (χ3n) is 3.23. The molecular weight excluding hydrogens is 300 g/mol. The smallest absolute Gasteiger partial charge is 0.263 e. The van der Waals surface area contributed by atoms with Crippen LogP contribution in [0.25, 0.3) is 5.13 Å². The third-order valence-corrected chi connectivity index (χ3v) is 4.40.